The molecular weight excluding hydrogens is 334 g/mol. The number of aromatic nitrogens is 1. The summed E-state index contributed by atoms with van der Waals surface area (Å²) in [6.45, 7) is 0.127. The minimum atomic E-state index is -0.226. The second-order valence-electron chi connectivity index (χ2n) is 5.43. The normalized spacial score (nSPS) is 11.4. The second kappa shape index (κ2) is 9.22. The molecule has 7 heteroatoms. The molecule has 0 aliphatic carbocycles. The first kappa shape index (κ1) is 19.0. The van der Waals surface area contributed by atoms with Gasteiger partial charge in [-0.05, 0) is 35.9 Å². The highest BCUT2D eigenvalue weighted by Gasteiger charge is 2.14. The molecule has 1 aromatic carbocycles. The Morgan fingerprint density at radius 1 is 1.27 bits per heavy atom. The fraction of sp³-hybridized carbons (Fsp3) is 0.211. The zero-order valence-corrected chi connectivity index (χ0v) is 14.9. The van der Waals surface area contributed by atoms with E-state index in [9.17, 15) is 10.0 Å². The number of likely N-dealkylation sites (N-methyl/N-ethyl adjacent to an activating group) is 1. The lowest BCUT2D eigenvalue weighted by molar-refractivity contribution is -0.124. The molecule has 0 bridgehead atoms. The monoisotopic (exact) mass is 355 g/mol. The summed E-state index contributed by atoms with van der Waals surface area (Å²) in [6.07, 6.45) is 6.45. The molecule has 0 spiro atoms. The standard InChI is InChI=1S/C19H21N3O4/c1-22(19(23)9-6-14-5-4-10-20-12-14)13-16(21-24)15-7-8-17(25-2)18(11-15)26-3/h4-12,24H,13H2,1-3H3/b9-6+,21-16+. The fourth-order valence-electron chi connectivity index (χ4n) is 2.27. The number of benzene rings is 1. The van der Waals surface area contributed by atoms with Gasteiger partial charge in [0.1, 0.15) is 5.71 Å². The van der Waals surface area contributed by atoms with Gasteiger partial charge in [0.15, 0.2) is 11.5 Å². The largest absolute Gasteiger partial charge is 0.493 e. The van der Waals surface area contributed by atoms with Crippen molar-refractivity contribution in [3.05, 3.63) is 59.9 Å². The van der Waals surface area contributed by atoms with Crippen molar-refractivity contribution >= 4 is 17.7 Å². The van der Waals surface area contributed by atoms with E-state index in [4.69, 9.17) is 9.47 Å². The van der Waals surface area contributed by atoms with Gasteiger partial charge in [-0.15, -0.1) is 0 Å². The van der Waals surface area contributed by atoms with E-state index in [1.165, 1.54) is 18.1 Å². The predicted molar refractivity (Wildman–Crippen MR) is 98.8 cm³/mol. The van der Waals surface area contributed by atoms with Crippen LogP contribution in [0.4, 0.5) is 0 Å². The van der Waals surface area contributed by atoms with Crippen LogP contribution in [0.2, 0.25) is 0 Å². The molecule has 0 saturated carbocycles. The van der Waals surface area contributed by atoms with Crippen LogP contribution >= 0.6 is 0 Å². The van der Waals surface area contributed by atoms with Gasteiger partial charge in [-0.1, -0.05) is 11.2 Å². The number of methoxy groups -OCH3 is 2. The van der Waals surface area contributed by atoms with E-state index in [-0.39, 0.29) is 12.5 Å². The molecule has 1 aromatic heterocycles. The Labute approximate surface area is 152 Å². The van der Waals surface area contributed by atoms with Crippen LogP contribution < -0.4 is 9.47 Å². The highest BCUT2D eigenvalue weighted by atomic mass is 16.5. The average Bonchev–Trinajstić information content (AvgIpc) is 2.70. The number of amides is 1. The number of oxime groups is 1. The predicted octanol–water partition coefficient (Wildman–Crippen LogP) is 2.45. The SMILES string of the molecule is COc1ccc(/C(CN(C)C(=O)/C=C/c2cccnc2)=N/O)cc1OC. The van der Waals surface area contributed by atoms with Gasteiger partial charge in [0.2, 0.25) is 5.91 Å². The molecule has 0 saturated heterocycles. The molecule has 2 aromatic rings. The summed E-state index contributed by atoms with van der Waals surface area (Å²) in [5.41, 5.74) is 1.78. The Hall–Kier alpha value is -3.35. The number of rotatable bonds is 7. The van der Waals surface area contributed by atoms with Gasteiger partial charge >= 0.3 is 0 Å². The van der Waals surface area contributed by atoms with Gasteiger partial charge in [-0.3, -0.25) is 9.78 Å². The summed E-state index contributed by atoms with van der Waals surface area (Å²) in [5, 5.41) is 12.7. The molecule has 2 rings (SSSR count). The van der Waals surface area contributed by atoms with Crippen molar-refractivity contribution in [3.63, 3.8) is 0 Å². The number of carbonyl (C=O) groups is 1. The number of pyridine rings is 1. The number of nitrogens with zero attached hydrogens (tertiary/aromatic N) is 3. The van der Waals surface area contributed by atoms with Crippen LogP contribution in [0.15, 0.2) is 54.0 Å². The third kappa shape index (κ3) is 4.83. The zero-order chi connectivity index (χ0) is 18.9. The zero-order valence-electron chi connectivity index (χ0n) is 14.9. The summed E-state index contributed by atoms with van der Waals surface area (Å²) >= 11 is 0. The maximum Gasteiger partial charge on any atom is 0.246 e. The smallest absolute Gasteiger partial charge is 0.246 e. The van der Waals surface area contributed by atoms with Crippen LogP contribution in [0.3, 0.4) is 0 Å². The highest BCUT2D eigenvalue weighted by molar-refractivity contribution is 6.04. The maximum absolute atomic E-state index is 12.3. The highest BCUT2D eigenvalue weighted by Crippen LogP contribution is 2.27. The van der Waals surface area contributed by atoms with Crippen molar-refractivity contribution in [1.82, 2.24) is 9.88 Å². The lowest BCUT2D eigenvalue weighted by Gasteiger charge is -2.17. The molecular formula is C19H21N3O4. The first-order valence-electron chi connectivity index (χ1n) is 7.85. The van der Waals surface area contributed by atoms with Gasteiger partial charge in [0.25, 0.3) is 0 Å². The molecule has 1 N–H and O–H groups in total. The maximum atomic E-state index is 12.3. The topological polar surface area (TPSA) is 84.2 Å². The molecule has 0 unspecified atom stereocenters. The van der Waals surface area contributed by atoms with Gasteiger partial charge in [-0.25, -0.2) is 0 Å². The fourth-order valence-corrected chi connectivity index (χ4v) is 2.27. The average molecular weight is 355 g/mol. The minimum Gasteiger partial charge on any atom is -0.493 e. The second-order valence-corrected chi connectivity index (χ2v) is 5.43. The third-order valence-corrected chi connectivity index (χ3v) is 3.70. The van der Waals surface area contributed by atoms with Crippen molar-refractivity contribution in [2.75, 3.05) is 27.8 Å². The minimum absolute atomic E-state index is 0.127. The first-order chi connectivity index (χ1) is 12.6. The van der Waals surface area contributed by atoms with E-state index in [2.05, 4.69) is 10.1 Å². The molecule has 1 heterocycles. The van der Waals surface area contributed by atoms with Crippen molar-refractivity contribution in [2.24, 2.45) is 5.16 Å². The number of hydrogen-bond donors (Lipinski definition) is 1. The van der Waals surface area contributed by atoms with Crippen molar-refractivity contribution in [3.8, 4) is 11.5 Å². The van der Waals surface area contributed by atoms with E-state index in [0.717, 1.165) is 5.56 Å². The van der Waals surface area contributed by atoms with Crippen LogP contribution in [-0.4, -0.2) is 54.5 Å². The number of hydrogen-bond acceptors (Lipinski definition) is 6. The molecule has 0 radical (unpaired) electrons. The van der Waals surface area contributed by atoms with E-state index >= 15 is 0 Å². The summed E-state index contributed by atoms with van der Waals surface area (Å²) in [4.78, 5) is 17.7. The molecule has 0 aliphatic heterocycles. The Kier molecular flexibility index (Phi) is 6.73. The first-order valence-corrected chi connectivity index (χ1v) is 7.85. The summed E-state index contributed by atoms with van der Waals surface area (Å²) < 4.78 is 10.4. The van der Waals surface area contributed by atoms with E-state index in [1.807, 2.05) is 6.07 Å². The van der Waals surface area contributed by atoms with E-state index < -0.39 is 0 Å². The molecule has 0 aliphatic rings. The van der Waals surface area contributed by atoms with Gasteiger partial charge in [0.05, 0.1) is 20.8 Å². The third-order valence-electron chi connectivity index (χ3n) is 3.70. The number of carbonyl (C=O) groups excluding carboxylic acids is 1. The Morgan fingerprint density at radius 2 is 2.04 bits per heavy atom. The van der Waals surface area contributed by atoms with Gasteiger partial charge in [-0.2, -0.15) is 0 Å². The molecule has 1 amide bonds. The van der Waals surface area contributed by atoms with Crippen molar-refractivity contribution in [2.45, 2.75) is 0 Å². The van der Waals surface area contributed by atoms with Gasteiger partial charge in [0, 0.05) is 31.1 Å². The molecule has 0 fully saturated rings. The number of ether oxygens (including phenoxy) is 2. The summed E-state index contributed by atoms with van der Waals surface area (Å²) in [5.74, 6) is 0.851. The quantitative estimate of drug-likeness (QED) is 0.357. The van der Waals surface area contributed by atoms with E-state index in [1.54, 1.807) is 56.9 Å². The van der Waals surface area contributed by atoms with Crippen LogP contribution in [0.1, 0.15) is 11.1 Å². The molecule has 26 heavy (non-hydrogen) atoms. The molecule has 0 atom stereocenters. The van der Waals surface area contributed by atoms with Crippen LogP contribution in [0.5, 0.6) is 11.5 Å². The van der Waals surface area contributed by atoms with Crippen molar-refractivity contribution in [1.29, 1.82) is 0 Å². The van der Waals surface area contributed by atoms with Crippen molar-refractivity contribution < 1.29 is 19.5 Å². The lowest BCUT2D eigenvalue weighted by atomic mass is 10.1. The van der Waals surface area contributed by atoms with Crippen LogP contribution in [-0.2, 0) is 4.79 Å². The van der Waals surface area contributed by atoms with Crippen LogP contribution in [0.25, 0.3) is 6.08 Å². The Bertz CT molecular complexity index is 804. The molecule has 7 nitrogen and oxygen atoms in total. The van der Waals surface area contributed by atoms with E-state index in [0.29, 0.717) is 22.8 Å². The lowest BCUT2D eigenvalue weighted by Crippen LogP contribution is -2.31. The summed E-state index contributed by atoms with van der Waals surface area (Å²) in [7, 11) is 4.69. The molecule has 136 valence electrons. The summed E-state index contributed by atoms with van der Waals surface area (Å²) in [6, 6.07) is 8.78. The van der Waals surface area contributed by atoms with Gasteiger partial charge < -0.3 is 19.6 Å². The Balaban J connectivity index is 2.09. The Morgan fingerprint density at radius 3 is 2.65 bits per heavy atom. The van der Waals surface area contributed by atoms with Crippen LogP contribution in [0, 0.1) is 0 Å².